The van der Waals surface area contributed by atoms with Crippen molar-refractivity contribution in [1.82, 2.24) is 0 Å². The van der Waals surface area contributed by atoms with Gasteiger partial charge in [0.05, 0.1) is 0 Å². The fraction of sp³-hybridized carbons (Fsp3) is 0.476. The predicted molar refractivity (Wildman–Crippen MR) is 95.0 cm³/mol. The van der Waals surface area contributed by atoms with E-state index in [1.54, 1.807) is 10.6 Å². The molecular weight excluding hydrogens is 266 g/mol. The SMILES string of the molecule is [2H]c1c(C([2H])([2H])C(C)C)ccc(-c2cc(C(C)(C)C)ccc2C)[n+]1C. The van der Waals surface area contributed by atoms with Crippen molar-refractivity contribution in [2.75, 3.05) is 0 Å². The molecule has 0 atom stereocenters. The van der Waals surface area contributed by atoms with Crippen molar-refractivity contribution in [2.24, 2.45) is 13.0 Å². The van der Waals surface area contributed by atoms with E-state index >= 15 is 0 Å². The lowest BCUT2D eigenvalue weighted by molar-refractivity contribution is -0.660. The zero-order chi connectivity index (χ0) is 19.2. The van der Waals surface area contributed by atoms with E-state index in [4.69, 9.17) is 4.11 Å². The normalized spacial score (nSPS) is 14.6. The first-order chi connectivity index (χ1) is 11.4. The first kappa shape index (κ1) is 12.9. The van der Waals surface area contributed by atoms with Gasteiger partial charge in [0.15, 0.2) is 6.17 Å². The first-order valence-corrected chi connectivity index (χ1v) is 7.99. The molecular formula is C21H30N+. The van der Waals surface area contributed by atoms with Crippen LogP contribution in [0.15, 0.2) is 36.5 Å². The highest BCUT2D eigenvalue weighted by Gasteiger charge is 2.19. The van der Waals surface area contributed by atoms with Gasteiger partial charge in [0.1, 0.15) is 8.42 Å². The third-order valence-electron chi connectivity index (χ3n) is 3.88. The van der Waals surface area contributed by atoms with Crippen LogP contribution in [0.5, 0.6) is 0 Å². The Hall–Kier alpha value is -1.63. The van der Waals surface area contributed by atoms with E-state index in [0.29, 0.717) is 5.56 Å². The molecule has 1 heterocycles. The van der Waals surface area contributed by atoms with E-state index in [1.165, 1.54) is 5.56 Å². The van der Waals surface area contributed by atoms with E-state index in [9.17, 15) is 0 Å². The van der Waals surface area contributed by atoms with Crippen molar-refractivity contribution in [3.63, 3.8) is 0 Å². The number of benzene rings is 1. The highest BCUT2D eigenvalue weighted by atomic mass is 14.9. The molecule has 0 spiro atoms. The number of pyridine rings is 1. The van der Waals surface area contributed by atoms with E-state index < -0.39 is 6.37 Å². The van der Waals surface area contributed by atoms with Crippen molar-refractivity contribution in [1.29, 1.82) is 0 Å². The van der Waals surface area contributed by atoms with Crippen LogP contribution in [0.3, 0.4) is 0 Å². The van der Waals surface area contributed by atoms with E-state index in [-0.39, 0.29) is 17.5 Å². The zero-order valence-electron chi connectivity index (χ0n) is 17.9. The van der Waals surface area contributed by atoms with Crippen LogP contribution in [0, 0.1) is 12.8 Å². The number of hydrogen-bond acceptors (Lipinski definition) is 0. The monoisotopic (exact) mass is 299 g/mol. The highest BCUT2D eigenvalue weighted by Crippen LogP contribution is 2.29. The molecule has 22 heavy (non-hydrogen) atoms. The molecule has 0 unspecified atom stereocenters. The van der Waals surface area contributed by atoms with E-state index in [1.807, 2.05) is 27.0 Å². The van der Waals surface area contributed by atoms with Crippen molar-refractivity contribution in [2.45, 2.75) is 53.3 Å². The fourth-order valence-electron chi connectivity index (χ4n) is 2.58. The molecule has 0 fully saturated rings. The summed E-state index contributed by atoms with van der Waals surface area (Å²) in [7, 11) is 1.85. The van der Waals surface area contributed by atoms with Crippen LogP contribution in [0.25, 0.3) is 11.3 Å². The Morgan fingerprint density at radius 3 is 2.45 bits per heavy atom. The summed E-state index contributed by atoms with van der Waals surface area (Å²) >= 11 is 0. The largest absolute Gasteiger partial charge is 0.212 e. The predicted octanol–water partition coefficient (Wildman–Crippen LogP) is 4.98. The average Bonchev–Trinajstić information content (AvgIpc) is 2.49. The van der Waals surface area contributed by atoms with Gasteiger partial charge in [0.2, 0.25) is 5.69 Å². The van der Waals surface area contributed by atoms with Gasteiger partial charge in [-0.1, -0.05) is 46.8 Å². The van der Waals surface area contributed by atoms with Gasteiger partial charge >= 0.3 is 0 Å². The van der Waals surface area contributed by atoms with Gasteiger partial charge in [-0.15, -0.1) is 0 Å². The molecule has 0 bridgehead atoms. The van der Waals surface area contributed by atoms with Gasteiger partial charge in [-0.25, -0.2) is 4.57 Å². The third-order valence-corrected chi connectivity index (χ3v) is 3.88. The molecule has 2 aromatic rings. The molecule has 0 aliphatic rings. The Labute approximate surface area is 140 Å². The minimum absolute atomic E-state index is 0.0555. The van der Waals surface area contributed by atoms with Crippen LogP contribution in [0.4, 0.5) is 0 Å². The molecule has 1 aromatic carbocycles. The Kier molecular flexibility index (Phi) is 3.65. The lowest BCUT2D eigenvalue weighted by Gasteiger charge is -2.20. The molecule has 0 N–H and O–H groups in total. The summed E-state index contributed by atoms with van der Waals surface area (Å²) in [6.45, 7) is 12.4. The smallest absolute Gasteiger partial charge is 0.201 e. The highest BCUT2D eigenvalue weighted by molar-refractivity contribution is 5.62. The van der Waals surface area contributed by atoms with E-state index in [2.05, 4.69) is 45.9 Å². The quantitative estimate of drug-likeness (QED) is 0.704. The summed E-state index contributed by atoms with van der Waals surface area (Å²) in [6, 6.07) is 10.2. The van der Waals surface area contributed by atoms with Gasteiger partial charge < -0.3 is 0 Å². The molecule has 1 nitrogen and oxygen atoms in total. The summed E-state index contributed by atoms with van der Waals surface area (Å²) in [5.74, 6) is -0.187. The van der Waals surface area contributed by atoms with Gasteiger partial charge in [-0.2, -0.15) is 0 Å². The van der Waals surface area contributed by atoms with Gasteiger partial charge in [-0.05, 0) is 47.9 Å². The third kappa shape index (κ3) is 3.76. The zero-order valence-corrected chi connectivity index (χ0v) is 14.9. The van der Waals surface area contributed by atoms with Crippen LogP contribution in [-0.2, 0) is 18.8 Å². The van der Waals surface area contributed by atoms with Crippen molar-refractivity contribution < 1.29 is 8.68 Å². The molecule has 118 valence electrons. The van der Waals surface area contributed by atoms with Crippen molar-refractivity contribution in [3.05, 3.63) is 53.2 Å². The first-order valence-electron chi connectivity index (χ1n) is 9.49. The summed E-state index contributed by atoms with van der Waals surface area (Å²) in [6.07, 6.45) is -1.29. The second-order valence-electron chi connectivity index (χ2n) is 7.38. The Morgan fingerprint density at radius 2 is 1.86 bits per heavy atom. The van der Waals surface area contributed by atoms with Gasteiger partial charge in [0, 0.05) is 19.9 Å². The minimum Gasteiger partial charge on any atom is -0.201 e. The number of rotatable bonds is 3. The maximum Gasteiger partial charge on any atom is 0.212 e. The molecule has 1 heteroatoms. The molecule has 0 saturated heterocycles. The standard InChI is InChI=1S/C21H30N/c1-15(2)12-17-9-11-20(22(7)14-17)19-13-18(21(4,5)6)10-8-16(19)3/h8-11,13-15H,12H2,1-7H3/q+1/i12D2,14D. The number of aryl methyl sites for hydroxylation is 1. The molecule has 0 aliphatic carbocycles. The van der Waals surface area contributed by atoms with Crippen LogP contribution < -0.4 is 4.57 Å². The summed E-state index contributed by atoms with van der Waals surface area (Å²) < 4.78 is 27.0. The Morgan fingerprint density at radius 1 is 1.18 bits per heavy atom. The summed E-state index contributed by atoms with van der Waals surface area (Å²) in [5, 5.41) is 0. The van der Waals surface area contributed by atoms with Crippen molar-refractivity contribution in [3.8, 4) is 11.3 Å². The van der Waals surface area contributed by atoms with Crippen LogP contribution in [-0.4, -0.2) is 0 Å². The average molecular weight is 299 g/mol. The molecule has 2 rings (SSSR count). The molecule has 0 aliphatic heterocycles. The van der Waals surface area contributed by atoms with Crippen molar-refractivity contribution >= 4 is 0 Å². The molecule has 0 radical (unpaired) electrons. The molecule has 0 amide bonds. The summed E-state index contributed by atoms with van der Waals surface area (Å²) in [4.78, 5) is 0. The van der Waals surface area contributed by atoms with Crippen LogP contribution >= 0.6 is 0 Å². The maximum absolute atomic E-state index is 8.50. The lowest BCUT2D eigenvalue weighted by Crippen LogP contribution is -2.31. The van der Waals surface area contributed by atoms with Gasteiger partial charge in [0.25, 0.3) is 0 Å². The second-order valence-corrected chi connectivity index (χ2v) is 7.38. The van der Waals surface area contributed by atoms with Crippen LogP contribution in [0.1, 0.15) is 55.4 Å². The summed E-state index contributed by atoms with van der Waals surface area (Å²) in [5.41, 5.74) is 4.94. The number of nitrogens with zero attached hydrogens (tertiary/aromatic N) is 1. The molecule has 0 saturated carbocycles. The number of hydrogen-bond donors (Lipinski definition) is 0. The maximum atomic E-state index is 8.50. The van der Waals surface area contributed by atoms with Crippen LogP contribution in [0.2, 0.25) is 0 Å². The van der Waals surface area contributed by atoms with E-state index in [0.717, 1.165) is 16.8 Å². The minimum atomic E-state index is -1.52. The Balaban J connectivity index is 2.65. The number of aromatic nitrogens is 1. The fourth-order valence-corrected chi connectivity index (χ4v) is 2.58. The topological polar surface area (TPSA) is 3.88 Å². The lowest BCUT2D eigenvalue weighted by atomic mass is 9.85. The Bertz CT molecular complexity index is 786. The second kappa shape index (κ2) is 6.24. The van der Waals surface area contributed by atoms with Gasteiger partial charge in [-0.3, -0.25) is 0 Å². The molecule has 1 aromatic heterocycles.